The summed E-state index contributed by atoms with van der Waals surface area (Å²) in [7, 11) is 0. The van der Waals surface area contributed by atoms with E-state index in [9.17, 15) is 4.79 Å². The van der Waals surface area contributed by atoms with E-state index in [-0.39, 0.29) is 11.9 Å². The lowest BCUT2D eigenvalue weighted by Gasteiger charge is -2.20. The van der Waals surface area contributed by atoms with Crippen LogP contribution in [0.2, 0.25) is 0 Å². The van der Waals surface area contributed by atoms with Crippen molar-refractivity contribution in [3.63, 3.8) is 0 Å². The van der Waals surface area contributed by atoms with Crippen LogP contribution in [-0.2, 0) is 11.2 Å². The van der Waals surface area contributed by atoms with Crippen molar-refractivity contribution in [3.8, 4) is 0 Å². The highest BCUT2D eigenvalue weighted by atomic mass is 16.5. The highest BCUT2D eigenvalue weighted by Crippen LogP contribution is 2.32. The molecular formula is C17H21N3O4. The van der Waals surface area contributed by atoms with Crippen molar-refractivity contribution in [1.29, 1.82) is 0 Å². The molecule has 2 aliphatic rings. The van der Waals surface area contributed by atoms with E-state index in [1.165, 1.54) is 25.4 Å². The minimum absolute atomic E-state index is 0.0567. The van der Waals surface area contributed by atoms with Gasteiger partial charge in [0.25, 0.3) is 5.91 Å². The van der Waals surface area contributed by atoms with Gasteiger partial charge >= 0.3 is 0 Å². The van der Waals surface area contributed by atoms with Gasteiger partial charge in [-0.15, -0.1) is 0 Å². The Morgan fingerprint density at radius 3 is 3.08 bits per heavy atom. The zero-order chi connectivity index (χ0) is 16.4. The Kier molecular flexibility index (Phi) is 4.34. The maximum atomic E-state index is 12.5. The molecule has 3 heterocycles. The molecule has 1 atom stereocenters. The predicted molar refractivity (Wildman–Crippen MR) is 83.3 cm³/mol. The summed E-state index contributed by atoms with van der Waals surface area (Å²) in [6, 6.07) is 1.52. The van der Waals surface area contributed by atoms with Gasteiger partial charge in [0.15, 0.2) is 5.82 Å². The number of carbonyl (C=O) groups excluding carboxylic acids is 1. The van der Waals surface area contributed by atoms with E-state index in [1.807, 2.05) is 0 Å². The van der Waals surface area contributed by atoms with Gasteiger partial charge in [0.2, 0.25) is 5.89 Å². The van der Waals surface area contributed by atoms with Crippen molar-refractivity contribution in [3.05, 3.63) is 35.9 Å². The molecule has 1 saturated carbocycles. The second-order valence-electron chi connectivity index (χ2n) is 6.49. The summed E-state index contributed by atoms with van der Waals surface area (Å²) in [6.45, 7) is 2.13. The third kappa shape index (κ3) is 3.36. The molecule has 1 aliphatic carbocycles. The summed E-state index contributed by atoms with van der Waals surface area (Å²) in [5.41, 5.74) is 0.551. The van der Waals surface area contributed by atoms with Crippen LogP contribution in [-0.4, -0.2) is 40.7 Å². The summed E-state index contributed by atoms with van der Waals surface area (Å²) in [6.07, 6.45) is 7.94. The minimum atomic E-state index is -0.152. The molecule has 7 heteroatoms. The number of furan rings is 1. The number of hydrogen-bond acceptors (Lipinski definition) is 6. The van der Waals surface area contributed by atoms with E-state index in [1.54, 1.807) is 11.0 Å². The zero-order valence-corrected chi connectivity index (χ0v) is 13.5. The second-order valence-corrected chi connectivity index (χ2v) is 6.49. The second kappa shape index (κ2) is 6.76. The Hall–Kier alpha value is -2.15. The Morgan fingerprint density at radius 1 is 1.38 bits per heavy atom. The van der Waals surface area contributed by atoms with E-state index >= 15 is 0 Å². The molecule has 24 heavy (non-hydrogen) atoms. The first-order valence-corrected chi connectivity index (χ1v) is 8.54. The van der Waals surface area contributed by atoms with Gasteiger partial charge in [-0.05, 0) is 37.7 Å². The first-order chi connectivity index (χ1) is 11.8. The fourth-order valence-electron chi connectivity index (χ4n) is 3.02. The summed E-state index contributed by atoms with van der Waals surface area (Å²) < 4.78 is 16.0. The molecule has 1 aliphatic heterocycles. The lowest BCUT2D eigenvalue weighted by atomic mass is 10.2. The first kappa shape index (κ1) is 15.4. The maximum Gasteiger partial charge on any atom is 0.257 e. The molecule has 1 unspecified atom stereocenters. The Balaban J connectivity index is 1.36. The van der Waals surface area contributed by atoms with Crippen molar-refractivity contribution >= 4 is 5.91 Å². The van der Waals surface area contributed by atoms with Gasteiger partial charge in [-0.2, -0.15) is 4.98 Å². The standard InChI is InChI=1S/C17H21N3O4/c21-17(13-5-8-23-11-13)20-7-1-2-14(20)16-18-15(19-24-16)6-9-22-10-12-3-4-12/h5,8,11-12,14H,1-4,6-7,9-10H2. The van der Waals surface area contributed by atoms with Gasteiger partial charge in [0.05, 0.1) is 18.4 Å². The molecule has 0 spiro atoms. The van der Waals surface area contributed by atoms with Gasteiger partial charge in [-0.3, -0.25) is 4.79 Å². The summed E-state index contributed by atoms with van der Waals surface area (Å²) >= 11 is 0. The Bertz CT molecular complexity index is 678. The van der Waals surface area contributed by atoms with Crippen LogP contribution in [0, 0.1) is 5.92 Å². The van der Waals surface area contributed by atoms with E-state index in [2.05, 4.69) is 10.1 Å². The summed E-state index contributed by atoms with van der Waals surface area (Å²) in [5.74, 6) is 1.86. The first-order valence-electron chi connectivity index (χ1n) is 8.54. The SMILES string of the molecule is O=C(c1ccoc1)N1CCCC1c1nc(CCOCC2CC2)no1. The Morgan fingerprint density at radius 2 is 2.29 bits per heavy atom. The largest absolute Gasteiger partial charge is 0.472 e. The van der Waals surface area contributed by atoms with Gasteiger partial charge in [0, 0.05) is 19.6 Å². The fourth-order valence-corrected chi connectivity index (χ4v) is 3.02. The van der Waals surface area contributed by atoms with Crippen LogP contribution < -0.4 is 0 Å². The van der Waals surface area contributed by atoms with Crippen molar-refractivity contribution in [2.24, 2.45) is 5.92 Å². The lowest BCUT2D eigenvalue weighted by Crippen LogP contribution is -2.30. The molecular weight excluding hydrogens is 310 g/mol. The predicted octanol–water partition coefficient (Wildman–Crippen LogP) is 2.61. The molecule has 2 aromatic heterocycles. The van der Waals surface area contributed by atoms with E-state index in [0.29, 0.717) is 36.9 Å². The van der Waals surface area contributed by atoms with Gasteiger partial charge < -0.3 is 18.6 Å². The maximum absolute atomic E-state index is 12.5. The van der Waals surface area contributed by atoms with Crippen LogP contribution >= 0.6 is 0 Å². The molecule has 0 radical (unpaired) electrons. The topological polar surface area (TPSA) is 81.6 Å². The van der Waals surface area contributed by atoms with Crippen molar-refractivity contribution < 1.29 is 18.5 Å². The van der Waals surface area contributed by atoms with E-state index in [4.69, 9.17) is 13.7 Å². The van der Waals surface area contributed by atoms with Crippen LogP contribution in [0.3, 0.4) is 0 Å². The average molecular weight is 331 g/mol. The molecule has 0 bridgehead atoms. The van der Waals surface area contributed by atoms with Crippen molar-refractivity contribution in [2.45, 2.75) is 38.1 Å². The highest BCUT2D eigenvalue weighted by molar-refractivity contribution is 5.94. The lowest BCUT2D eigenvalue weighted by molar-refractivity contribution is 0.0709. The van der Waals surface area contributed by atoms with Gasteiger partial charge in [-0.1, -0.05) is 5.16 Å². The fraction of sp³-hybridized carbons (Fsp3) is 0.588. The minimum Gasteiger partial charge on any atom is -0.472 e. The van der Waals surface area contributed by atoms with Crippen LogP contribution in [0.15, 0.2) is 27.5 Å². The van der Waals surface area contributed by atoms with Crippen molar-refractivity contribution in [2.75, 3.05) is 19.8 Å². The highest BCUT2D eigenvalue weighted by Gasteiger charge is 2.34. The number of carbonyl (C=O) groups is 1. The smallest absolute Gasteiger partial charge is 0.257 e. The molecule has 0 aromatic carbocycles. The third-order valence-corrected chi connectivity index (χ3v) is 4.57. The van der Waals surface area contributed by atoms with E-state index in [0.717, 1.165) is 25.4 Å². The number of likely N-dealkylation sites (tertiary alicyclic amines) is 1. The number of rotatable bonds is 7. The van der Waals surface area contributed by atoms with Crippen LogP contribution in [0.4, 0.5) is 0 Å². The number of ether oxygens (including phenoxy) is 1. The molecule has 7 nitrogen and oxygen atoms in total. The molecule has 4 rings (SSSR count). The number of amides is 1. The van der Waals surface area contributed by atoms with Gasteiger partial charge in [0.1, 0.15) is 12.3 Å². The monoisotopic (exact) mass is 331 g/mol. The quantitative estimate of drug-likeness (QED) is 0.725. The number of hydrogen-bond donors (Lipinski definition) is 0. The molecule has 2 aromatic rings. The Labute approximate surface area is 140 Å². The molecule has 1 saturated heterocycles. The summed E-state index contributed by atoms with van der Waals surface area (Å²) in [4.78, 5) is 18.8. The molecule has 0 N–H and O–H groups in total. The number of nitrogens with zero attached hydrogens (tertiary/aromatic N) is 3. The van der Waals surface area contributed by atoms with Gasteiger partial charge in [-0.25, -0.2) is 0 Å². The van der Waals surface area contributed by atoms with Crippen molar-refractivity contribution in [1.82, 2.24) is 15.0 Å². The zero-order valence-electron chi connectivity index (χ0n) is 13.5. The average Bonchev–Trinajstić information content (AvgIpc) is 3.07. The molecule has 2 fully saturated rings. The van der Waals surface area contributed by atoms with E-state index < -0.39 is 0 Å². The summed E-state index contributed by atoms with van der Waals surface area (Å²) in [5, 5.41) is 4.03. The number of aromatic nitrogens is 2. The van der Waals surface area contributed by atoms with Crippen LogP contribution in [0.25, 0.3) is 0 Å². The molecule has 1 amide bonds. The van der Waals surface area contributed by atoms with Crippen LogP contribution in [0.1, 0.15) is 53.8 Å². The third-order valence-electron chi connectivity index (χ3n) is 4.57. The van der Waals surface area contributed by atoms with Crippen LogP contribution in [0.5, 0.6) is 0 Å². The molecule has 128 valence electrons. The normalized spacial score (nSPS) is 20.7.